The highest BCUT2D eigenvalue weighted by Gasteiger charge is 2.26. The molecule has 0 amide bonds. The molecule has 2 rings (SSSR count). The smallest absolute Gasteiger partial charge is 0.341 e. The second-order valence-corrected chi connectivity index (χ2v) is 15.3. The number of nitrogens with zero attached hydrogens (tertiary/aromatic N) is 5. The maximum atomic E-state index is 12.8. The average molecular weight is 672 g/mol. The Morgan fingerprint density at radius 2 is 1.00 bits per heavy atom. The summed E-state index contributed by atoms with van der Waals surface area (Å²) in [5, 5.41) is 54.4. The Balaban J connectivity index is 2.34. The molecule has 1 aliphatic rings. The Hall–Kier alpha value is -1.98. The van der Waals surface area contributed by atoms with Crippen LogP contribution in [0.1, 0.15) is 78.4 Å². The van der Waals surface area contributed by atoms with Crippen LogP contribution in [0.25, 0.3) is 0 Å². The zero-order chi connectivity index (χ0) is 35.6. The molecule has 2 heterocycles. The molecule has 1 aromatic heterocycles. The SMILES string of the molecule is CC(C)(C)OC(O)CN1CCN(Cc2ccc(C(=O)O)c[n+]2[O-])CCN(CC(O)OC(C)(C)C)CCN(CC(O)OC(C)(C)C)CC1. The molecule has 0 spiro atoms. The van der Waals surface area contributed by atoms with Gasteiger partial charge in [0.25, 0.3) is 0 Å². The van der Waals surface area contributed by atoms with Crippen LogP contribution in [0, 0.1) is 5.21 Å². The number of carboxylic acid groups (broad SMARTS) is 1. The molecule has 14 nitrogen and oxygen atoms in total. The van der Waals surface area contributed by atoms with Gasteiger partial charge in [0, 0.05) is 78.1 Å². The summed E-state index contributed by atoms with van der Waals surface area (Å²) in [7, 11) is 0. The minimum atomic E-state index is -1.17. The third-order valence-corrected chi connectivity index (χ3v) is 7.27. The predicted molar refractivity (Wildman–Crippen MR) is 177 cm³/mol. The van der Waals surface area contributed by atoms with Crippen LogP contribution in [0.5, 0.6) is 0 Å². The zero-order valence-corrected chi connectivity index (χ0v) is 30.0. The van der Waals surface area contributed by atoms with Gasteiger partial charge >= 0.3 is 5.97 Å². The van der Waals surface area contributed by atoms with E-state index in [1.165, 1.54) is 12.1 Å². The van der Waals surface area contributed by atoms with Gasteiger partial charge in [-0.05, 0) is 68.4 Å². The second kappa shape index (κ2) is 18.1. The van der Waals surface area contributed by atoms with Gasteiger partial charge in [0.15, 0.2) is 25.1 Å². The van der Waals surface area contributed by atoms with E-state index in [0.717, 1.165) is 6.20 Å². The molecule has 0 aliphatic carbocycles. The van der Waals surface area contributed by atoms with Gasteiger partial charge in [-0.3, -0.25) is 19.6 Å². The van der Waals surface area contributed by atoms with Crippen molar-refractivity contribution < 1.29 is 44.2 Å². The lowest BCUT2D eigenvalue weighted by molar-refractivity contribution is -0.615. The van der Waals surface area contributed by atoms with E-state index in [4.69, 9.17) is 14.2 Å². The first-order valence-corrected chi connectivity index (χ1v) is 16.5. The van der Waals surface area contributed by atoms with Gasteiger partial charge in [0.2, 0.25) is 5.69 Å². The number of aliphatic hydroxyl groups excluding tert-OH is 3. The Bertz CT molecular complexity index is 1050. The number of hydrogen-bond acceptors (Lipinski definition) is 12. The van der Waals surface area contributed by atoms with Crippen LogP contribution in [-0.4, -0.2) is 154 Å². The summed E-state index contributed by atoms with van der Waals surface area (Å²) in [6, 6.07) is 2.96. The van der Waals surface area contributed by atoms with E-state index in [9.17, 15) is 30.4 Å². The molecule has 1 fully saturated rings. The second-order valence-electron chi connectivity index (χ2n) is 15.3. The highest BCUT2D eigenvalue weighted by Crippen LogP contribution is 2.15. The number of pyridine rings is 1. The predicted octanol–water partition coefficient (Wildman–Crippen LogP) is 1.14. The number of carbonyl (C=O) groups is 1. The maximum Gasteiger partial charge on any atom is 0.341 e. The molecule has 0 radical (unpaired) electrons. The molecule has 47 heavy (non-hydrogen) atoms. The fourth-order valence-electron chi connectivity index (χ4n) is 5.27. The van der Waals surface area contributed by atoms with Gasteiger partial charge in [-0.1, -0.05) is 0 Å². The number of aromatic carboxylic acids is 1. The van der Waals surface area contributed by atoms with E-state index in [-0.39, 0.29) is 31.7 Å². The van der Waals surface area contributed by atoms with Crippen LogP contribution in [0.15, 0.2) is 18.3 Å². The molecule has 1 aliphatic heterocycles. The van der Waals surface area contributed by atoms with Crippen LogP contribution < -0.4 is 4.73 Å². The van der Waals surface area contributed by atoms with Crippen LogP contribution in [0.2, 0.25) is 0 Å². The van der Waals surface area contributed by atoms with Crippen LogP contribution in [-0.2, 0) is 20.8 Å². The van der Waals surface area contributed by atoms with E-state index in [0.29, 0.717) is 62.8 Å². The monoisotopic (exact) mass is 671 g/mol. The number of rotatable bonds is 12. The topological polar surface area (TPSA) is 166 Å². The first-order chi connectivity index (χ1) is 21.6. The Morgan fingerprint density at radius 3 is 1.28 bits per heavy atom. The Morgan fingerprint density at radius 1 is 0.681 bits per heavy atom. The fourth-order valence-corrected chi connectivity index (χ4v) is 5.27. The maximum absolute atomic E-state index is 12.8. The van der Waals surface area contributed by atoms with Crippen molar-refractivity contribution in [3.63, 3.8) is 0 Å². The molecule has 1 saturated heterocycles. The van der Waals surface area contributed by atoms with Gasteiger partial charge in [0.1, 0.15) is 5.56 Å². The zero-order valence-electron chi connectivity index (χ0n) is 30.0. The third-order valence-electron chi connectivity index (χ3n) is 7.27. The molecule has 0 bridgehead atoms. The molecule has 14 heteroatoms. The lowest BCUT2D eigenvalue weighted by atomic mass is 10.2. The van der Waals surface area contributed by atoms with Crippen molar-refractivity contribution >= 4 is 5.97 Å². The van der Waals surface area contributed by atoms with Crippen molar-refractivity contribution in [2.45, 2.75) is 105 Å². The quantitative estimate of drug-likeness (QED) is 0.142. The molecule has 0 aromatic carbocycles. The minimum Gasteiger partial charge on any atom is -0.618 e. The normalized spacial score (nSPS) is 19.9. The summed E-state index contributed by atoms with van der Waals surface area (Å²) in [6.07, 6.45) is -1.98. The van der Waals surface area contributed by atoms with Crippen LogP contribution >= 0.6 is 0 Å². The molecule has 1 aromatic rings. The molecule has 4 N–H and O–H groups in total. The molecule has 272 valence electrons. The van der Waals surface area contributed by atoms with Crippen molar-refractivity contribution in [2.24, 2.45) is 0 Å². The standard InChI is InChI=1S/C33H61N5O9/c1-31(2,3)45-27(39)22-35-14-12-34(21-26-11-10-25(30(42)43)20-38(26)44)13-15-36(23-28(40)46-32(4,5)6)17-19-37(18-16-35)24-29(41)47-33(7,8)9/h10-11,20,27-29,39-41H,12-19,21-24H2,1-9H3,(H,42,43). The van der Waals surface area contributed by atoms with E-state index in [1.807, 2.05) is 62.3 Å². The van der Waals surface area contributed by atoms with Gasteiger partial charge in [-0.25, -0.2) is 4.79 Å². The lowest BCUT2D eigenvalue weighted by Crippen LogP contribution is -2.51. The van der Waals surface area contributed by atoms with Crippen molar-refractivity contribution in [2.75, 3.05) is 72.0 Å². The first-order valence-electron chi connectivity index (χ1n) is 16.5. The molecule has 3 unspecified atom stereocenters. The average Bonchev–Trinajstić information content (AvgIpc) is 2.87. The van der Waals surface area contributed by atoms with Gasteiger partial charge in [-0.2, -0.15) is 4.73 Å². The molecular weight excluding hydrogens is 610 g/mol. The minimum absolute atomic E-state index is 0.0852. The third kappa shape index (κ3) is 17.8. The number of ether oxygens (including phenoxy) is 3. The number of hydrogen-bond donors (Lipinski definition) is 4. The van der Waals surface area contributed by atoms with E-state index >= 15 is 0 Å². The molecule has 3 atom stereocenters. The molecule has 0 saturated carbocycles. The number of carboxylic acids is 1. The fraction of sp³-hybridized carbons (Fsp3) is 0.818. The summed E-state index contributed by atoms with van der Waals surface area (Å²) in [5.41, 5.74) is -1.27. The van der Waals surface area contributed by atoms with E-state index in [1.54, 1.807) is 0 Å². The van der Waals surface area contributed by atoms with Crippen molar-refractivity contribution in [1.82, 2.24) is 19.6 Å². The van der Waals surface area contributed by atoms with E-state index in [2.05, 4.69) is 19.6 Å². The number of aromatic nitrogens is 1. The van der Waals surface area contributed by atoms with E-state index < -0.39 is 41.6 Å². The van der Waals surface area contributed by atoms with Crippen LogP contribution in [0.4, 0.5) is 0 Å². The molecular formula is C33H61N5O9. The lowest BCUT2D eigenvalue weighted by Gasteiger charge is -2.37. The van der Waals surface area contributed by atoms with Crippen molar-refractivity contribution in [1.29, 1.82) is 0 Å². The number of aliphatic hydroxyl groups is 3. The van der Waals surface area contributed by atoms with Gasteiger partial charge < -0.3 is 39.8 Å². The summed E-state index contributed by atoms with van der Waals surface area (Å²) >= 11 is 0. The summed E-state index contributed by atoms with van der Waals surface area (Å²) in [5.74, 6) is -1.17. The Labute approximate surface area is 281 Å². The summed E-state index contributed by atoms with van der Waals surface area (Å²) in [6.45, 7) is 22.5. The summed E-state index contributed by atoms with van der Waals surface area (Å²) in [4.78, 5) is 19.8. The summed E-state index contributed by atoms with van der Waals surface area (Å²) < 4.78 is 18.0. The Kier molecular flexibility index (Phi) is 15.9. The number of β-amino-alcohol motifs (C(OH)–C–C–N with tert-alkyl or cyclic N) is 3. The largest absolute Gasteiger partial charge is 0.618 e. The van der Waals surface area contributed by atoms with Gasteiger partial charge in [-0.15, -0.1) is 0 Å². The van der Waals surface area contributed by atoms with Crippen molar-refractivity contribution in [3.8, 4) is 0 Å². The first kappa shape index (κ1) is 41.2. The van der Waals surface area contributed by atoms with Crippen LogP contribution in [0.3, 0.4) is 0 Å². The highest BCUT2D eigenvalue weighted by molar-refractivity contribution is 5.86. The van der Waals surface area contributed by atoms with Gasteiger partial charge in [0.05, 0.1) is 23.3 Å². The highest BCUT2D eigenvalue weighted by atomic mass is 16.6. The van der Waals surface area contributed by atoms with Crippen molar-refractivity contribution in [3.05, 3.63) is 34.8 Å².